The van der Waals surface area contributed by atoms with Crippen molar-refractivity contribution in [1.82, 2.24) is 4.90 Å². The molecule has 1 atom stereocenters. The van der Waals surface area contributed by atoms with E-state index in [1.807, 2.05) is 24.3 Å². The van der Waals surface area contributed by atoms with Gasteiger partial charge >= 0.3 is 5.97 Å². The van der Waals surface area contributed by atoms with Crippen LogP contribution >= 0.6 is 0 Å². The quantitative estimate of drug-likeness (QED) is 0.824. The Bertz CT molecular complexity index is 774. The first-order chi connectivity index (χ1) is 12.6. The molecule has 1 heterocycles. The molecule has 1 saturated heterocycles. The molecule has 0 amide bonds. The van der Waals surface area contributed by atoms with Crippen LogP contribution < -0.4 is 9.47 Å². The second-order valence-electron chi connectivity index (χ2n) is 6.75. The van der Waals surface area contributed by atoms with Crippen molar-refractivity contribution in [3.8, 4) is 11.5 Å². The van der Waals surface area contributed by atoms with E-state index in [9.17, 15) is 4.79 Å². The molecule has 0 aromatic heterocycles. The molecule has 0 spiro atoms. The second-order valence-corrected chi connectivity index (χ2v) is 6.75. The van der Waals surface area contributed by atoms with Crippen molar-refractivity contribution < 1.29 is 19.4 Å². The first-order valence-corrected chi connectivity index (χ1v) is 8.85. The third-order valence-electron chi connectivity index (χ3n) is 4.95. The summed E-state index contributed by atoms with van der Waals surface area (Å²) in [5.74, 6) is 1.22. The topological polar surface area (TPSA) is 59.0 Å². The summed E-state index contributed by atoms with van der Waals surface area (Å²) >= 11 is 0. The number of benzene rings is 2. The molecule has 0 bridgehead atoms. The molecule has 3 rings (SSSR count). The molecule has 1 N–H and O–H groups in total. The van der Waals surface area contributed by atoms with Crippen LogP contribution in [0.1, 0.15) is 27.9 Å². The van der Waals surface area contributed by atoms with Crippen LogP contribution in [0.5, 0.6) is 11.5 Å². The third kappa shape index (κ3) is 4.17. The number of likely N-dealkylation sites (tertiary alicyclic amines) is 1. The van der Waals surface area contributed by atoms with E-state index in [0.29, 0.717) is 11.5 Å². The lowest BCUT2D eigenvalue weighted by atomic mass is 9.97. The van der Waals surface area contributed by atoms with Gasteiger partial charge in [0.2, 0.25) is 0 Å². The van der Waals surface area contributed by atoms with Crippen LogP contribution in [0.4, 0.5) is 0 Å². The van der Waals surface area contributed by atoms with Crippen molar-refractivity contribution in [2.24, 2.45) is 5.92 Å². The average molecular weight is 355 g/mol. The molecule has 1 aliphatic rings. The summed E-state index contributed by atoms with van der Waals surface area (Å²) in [5, 5.41) is 9.14. The number of carboxylic acid groups (broad SMARTS) is 1. The molecular weight excluding hydrogens is 330 g/mol. The minimum absolute atomic E-state index is 0.360. The van der Waals surface area contributed by atoms with Crippen LogP contribution in [0.3, 0.4) is 0 Å². The number of carboxylic acids is 1. The molecule has 26 heavy (non-hydrogen) atoms. The van der Waals surface area contributed by atoms with Crippen LogP contribution in [0, 0.1) is 5.92 Å². The number of carbonyl (C=O) groups is 1. The number of ether oxygens (including phenoxy) is 2. The van der Waals surface area contributed by atoms with Gasteiger partial charge in [0, 0.05) is 18.7 Å². The van der Waals surface area contributed by atoms with Crippen molar-refractivity contribution in [3.63, 3.8) is 0 Å². The van der Waals surface area contributed by atoms with E-state index < -0.39 is 5.97 Å². The Morgan fingerprint density at radius 2 is 2.00 bits per heavy atom. The highest BCUT2D eigenvalue weighted by Crippen LogP contribution is 2.33. The Labute approximate surface area is 154 Å². The van der Waals surface area contributed by atoms with Gasteiger partial charge in [-0.15, -0.1) is 0 Å². The van der Waals surface area contributed by atoms with E-state index in [1.165, 1.54) is 0 Å². The van der Waals surface area contributed by atoms with Gasteiger partial charge in [0.1, 0.15) is 0 Å². The van der Waals surface area contributed by atoms with E-state index in [2.05, 4.69) is 11.0 Å². The van der Waals surface area contributed by atoms with Gasteiger partial charge in [0.25, 0.3) is 0 Å². The maximum atomic E-state index is 11.1. The number of hydrogen-bond donors (Lipinski definition) is 1. The zero-order valence-corrected chi connectivity index (χ0v) is 15.3. The summed E-state index contributed by atoms with van der Waals surface area (Å²) in [6, 6.07) is 13.2. The van der Waals surface area contributed by atoms with Gasteiger partial charge in [-0.2, -0.15) is 0 Å². The number of nitrogens with zero attached hydrogens (tertiary/aromatic N) is 1. The summed E-state index contributed by atoms with van der Waals surface area (Å²) < 4.78 is 10.9. The van der Waals surface area contributed by atoms with E-state index >= 15 is 0 Å². The average Bonchev–Trinajstić information content (AvgIpc) is 3.08. The van der Waals surface area contributed by atoms with Crippen molar-refractivity contribution in [2.45, 2.75) is 19.4 Å². The molecule has 138 valence electrons. The third-order valence-corrected chi connectivity index (χ3v) is 4.95. The summed E-state index contributed by atoms with van der Waals surface area (Å²) in [7, 11) is 3.32. The van der Waals surface area contributed by atoms with E-state index in [4.69, 9.17) is 14.6 Å². The predicted molar refractivity (Wildman–Crippen MR) is 100 cm³/mol. The molecular formula is C21H25NO4. The number of para-hydroxylation sites is 1. The van der Waals surface area contributed by atoms with Crippen molar-refractivity contribution >= 4 is 5.97 Å². The van der Waals surface area contributed by atoms with E-state index in [0.717, 1.165) is 55.1 Å². The Morgan fingerprint density at radius 1 is 1.19 bits per heavy atom. The van der Waals surface area contributed by atoms with Gasteiger partial charge in [-0.05, 0) is 49.1 Å². The summed E-state index contributed by atoms with van der Waals surface area (Å²) in [6.07, 6.45) is 2.02. The fourth-order valence-corrected chi connectivity index (χ4v) is 3.71. The van der Waals surface area contributed by atoms with E-state index in [-0.39, 0.29) is 0 Å². The minimum atomic E-state index is -0.870. The Hall–Kier alpha value is -2.53. The monoisotopic (exact) mass is 355 g/mol. The lowest BCUT2D eigenvalue weighted by molar-refractivity contribution is 0.0696. The zero-order chi connectivity index (χ0) is 18.5. The molecule has 2 aromatic rings. The Morgan fingerprint density at radius 3 is 2.73 bits per heavy atom. The highest BCUT2D eigenvalue weighted by molar-refractivity contribution is 5.87. The molecule has 2 aromatic carbocycles. The Balaban J connectivity index is 1.63. The van der Waals surface area contributed by atoms with Gasteiger partial charge in [-0.1, -0.05) is 24.3 Å². The zero-order valence-electron chi connectivity index (χ0n) is 15.3. The fourth-order valence-electron chi connectivity index (χ4n) is 3.71. The lowest BCUT2D eigenvalue weighted by Gasteiger charge is -2.19. The number of hydrogen-bond acceptors (Lipinski definition) is 4. The first kappa shape index (κ1) is 18.3. The standard InChI is InChI=1S/C21H25NO4/c1-25-19-8-4-7-18(20(19)26-2)14-22-10-9-16(13-22)11-15-5-3-6-17(12-15)21(23)24/h3-8,12,16H,9-11,13-14H2,1-2H3,(H,23,24). The fraction of sp³-hybridized carbons (Fsp3) is 0.381. The van der Waals surface area contributed by atoms with Gasteiger partial charge < -0.3 is 14.6 Å². The maximum Gasteiger partial charge on any atom is 0.335 e. The van der Waals surface area contributed by atoms with Crippen LogP contribution in [0.25, 0.3) is 0 Å². The molecule has 0 aliphatic carbocycles. The van der Waals surface area contributed by atoms with Gasteiger partial charge in [-0.25, -0.2) is 4.79 Å². The highest BCUT2D eigenvalue weighted by atomic mass is 16.5. The summed E-state index contributed by atoms with van der Waals surface area (Å²) in [5.41, 5.74) is 2.58. The molecule has 1 unspecified atom stereocenters. The maximum absolute atomic E-state index is 11.1. The second kappa shape index (κ2) is 8.23. The van der Waals surface area contributed by atoms with Crippen LogP contribution in [0.2, 0.25) is 0 Å². The van der Waals surface area contributed by atoms with Crippen molar-refractivity contribution in [1.29, 1.82) is 0 Å². The summed E-state index contributed by atoms with van der Waals surface area (Å²) in [4.78, 5) is 13.5. The number of aromatic carboxylic acids is 1. The largest absolute Gasteiger partial charge is 0.493 e. The minimum Gasteiger partial charge on any atom is -0.493 e. The van der Waals surface area contributed by atoms with E-state index in [1.54, 1.807) is 26.4 Å². The molecule has 1 fully saturated rings. The van der Waals surface area contributed by atoms with Crippen molar-refractivity contribution in [3.05, 3.63) is 59.2 Å². The van der Waals surface area contributed by atoms with Crippen LogP contribution in [-0.4, -0.2) is 43.3 Å². The molecule has 5 nitrogen and oxygen atoms in total. The van der Waals surface area contributed by atoms with Gasteiger partial charge in [0.15, 0.2) is 11.5 Å². The lowest BCUT2D eigenvalue weighted by Crippen LogP contribution is -2.21. The van der Waals surface area contributed by atoms with Gasteiger partial charge in [-0.3, -0.25) is 4.90 Å². The number of rotatable bonds is 7. The van der Waals surface area contributed by atoms with Crippen LogP contribution in [0.15, 0.2) is 42.5 Å². The molecule has 1 aliphatic heterocycles. The molecule has 5 heteroatoms. The number of methoxy groups -OCH3 is 2. The molecule has 0 radical (unpaired) electrons. The normalized spacial score (nSPS) is 17.2. The predicted octanol–water partition coefficient (Wildman–Crippen LogP) is 3.47. The highest BCUT2D eigenvalue weighted by Gasteiger charge is 2.24. The van der Waals surface area contributed by atoms with Crippen molar-refractivity contribution in [2.75, 3.05) is 27.3 Å². The van der Waals surface area contributed by atoms with Gasteiger partial charge in [0.05, 0.1) is 19.8 Å². The summed E-state index contributed by atoms with van der Waals surface area (Å²) in [6.45, 7) is 2.85. The first-order valence-electron chi connectivity index (χ1n) is 8.85. The Kier molecular flexibility index (Phi) is 5.78. The molecule has 0 saturated carbocycles. The smallest absolute Gasteiger partial charge is 0.335 e. The SMILES string of the molecule is COc1cccc(CN2CCC(Cc3cccc(C(=O)O)c3)C2)c1OC. The van der Waals surface area contributed by atoms with Crippen LogP contribution in [-0.2, 0) is 13.0 Å².